The Morgan fingerprint density at radius 1 is 1.10 bits per heavy atom. The lowest BCUT2D eigenvalue weighted by Gasteiger charge is -2.02. The van der Waals surface area contributed by atoms with E-state index in [2.05, 4.69) is 15.1 Å². The SMILES string of the molecule is Cc1cc(=O)[nH]c(-n2[nH]c(-c3ccccc3)cc2=O)n1. The number of nitrogens with one attached hydrogen (secondary N) is 2. The maximum atomic E-state index is 12.0. The van der Waals surface area contributed by atoms with Crippen LogP contribution in [0.4, 0.5) is 0 Å². The number of nitrogens with zero attached hydrogens (tertiary/aromatic N) is 2. The minimum Gasteiger partial charge on any atom is -0.291 e. The van der Waals surface area contributed by atoms with E-state index in [9.17, 15) is 9.59 Å². The molecule has 0 saturated carbocycles. The van der Waals surface area contributed by atoms with E-state index < -0.39 is 0 Å². The van der Waals surface area contributed by atoms with Gasteiger partial charge in [-0.15, -0.1) is 0 Å². The number of hydrogen-bond donors (Lipinski definition) is 2. The van der Waals surface area contributed by atoms with Crippen molar-refractivity contribution in [3.8, 4) is 17.2 Å². The van der Waals surface area contributed by atoms with Gasteiger partial charge in [0.25, 0.3) is 11.1 Å². The van der Waals surface area contributed by atoms with Gasteiger partial charge in [0, 0.05) is 17.8 Å². The van der Waals surface area contributed by atoms with Crippen LogP contribution in [0.25, 0.3) is 17.2 Å². The average Bonchev–Trinajstić information content (AvgIpc) is 2.81. The van der Waals surface area contributed by atoms with Gasteiger partial charge in [-0.25, -0.2) is 4.98 Å². The Balaban J connectivity index is 2.14. The molecule has 0 spiro atoms. The highest BCUT2D eigenvalue weighted by molar-refractivity contribution is 5.58. The first-order valence-corrected chi connectivity index (χ1v) is 6.09. The van der Waals surface area contributed by atoms with Crippen molar-refractivity contribution in [2.45, 2.75) is 6.92 Å². The molecule has 2 aromatic heterocycles. The van der Waals surface area contributed by atoms with Gasteiger partial charge in [-0.2, -0.15) is 4.68 Å². The number of aromatic amines is 2. The zero-order chi connectivity index (χ0) is 14.1. The lowest BCUT2D eigenvalue weighted by molar-refractivity contribution is 0.773. The molecule has 6 nitrogen and oxygen atoms in total. The number of rotatable bonds is 2. The molecular formula is C14H12N4O2. The highest BCUT2D eigenvalue weighted by Crippen LogP contribution is 2.14. The number of benzene rings is 1. The Bertz CT molecular complexity index is 859. The van der Waals surface area contributed by atoms with E-state index in [1.54, 1.807) is 6.92 Å². The monoisotopic (exact) mass is 268 g/mol. The molecule has 2 N–H and O–H groups in total. The van der Waals surface area contributed by atoms with Crippen molar-refractivity contribution in [2.24, 2.45) is 0 Å². The molecule has 20 heavy (non-hydrogen) atoms. The molecule has 3 rings (SSSR count). The molecule has 2 heterocycles. The standard InChI is InChI=1S/C14H12N4O2/c1-9-7-12(19)16-14(15-9)18-13(20)8-11(17-18)10-5-3-2-4-6-10/h2-8,17H,1H3,(H,15,16,19). The average molecular weight is 268 g/mol. The number of hydrogen-bond acceptors (Lipinski definition) is 3. The second kappa shape index (κ2) is 4.65. The third-order valence-corrected chi connectivity index (χ3v) is 2.87. The Hall–Kier alpha value is -2.89. The van der Waals surface area contributed by atoms with Crippen molar-refractivity contribution >= 4 is 0 Å². The summed E-state index contributed by atoms with van der Waals surface area (Å²) in [6.45, 7) is 1.70. The molecule has 0 unspecified atom stereocenters. The fourth-order valence-electron chi connectivity index (χ4n) is 1.99. The van der Waals surface area contributed by atoms with Crippen LogP contribution in [0.5, 0.6) is 0 Å². The van der Waals surface area contributed by atoms with Crippen LogP contribution in [0.3, 0.4) is 0 Å². The van der Waals surface area contributed by atoms with Crippen LogP contribution in [-0.4, -0.2) is 19.7 Å². The number of aromatic nitrogens is 4. The summed E-state index contributed by atoms with van der Waals surface area (Å²) < 4.78 is 1.22. The summed E-state index contributed by atoms with van der Waals surface area (Å²) in [6, 6.07) is 12.3. The molecule has 6 heteroatoms. The summed E-state index contributed by atoms with van der Waals surface area (Å²) in [7, 11) is 0. The highest BCUT2D eigenvalue weighted by atomic mass is 16.1. The minimum atomic E-state index is -0.296. The lowest BCUT2D eigenvalue weighted by Crippen LogP contribution is -2.21. The molecule has 0 bridgehead atoms. The van der Waals surface area contributed by atoms with Crippen LogP contribution in [0, 0.1) is 6.92 Å². The topological polar surface area (TPSA) is 83.5 Å². The molecule has 0 atom stereocenters. The van der Waals surface area contributed by atoms with E-state index in [1.165, 1.54) is 16.8 Å². The fourth-order valence-corrected chi connectivity index (χ4v) is 1.99. The molecule has 0 aliphatic heterocycles. The van der Waals surface area contributed by atoms with Crippen LogP contribution >= 0.6 is 0 Å². The van der Waals surface area contributed by atoms with Crippen LogP contribution in [0.2, 0.25) is 0 Å². The van der Waals surface area contributed by atoms with Gasteiger partial charge in [0.1, 0.15) is 0 Å². The van der Waals surface area contributed by atoms with Gasteiger partial charge in [0.15, 0.2) is 0 Å². The van der Waals surface area contributed by atoms with Gasteiger partial charge in [0.05, 0.1) is 5.69 Å². The first-order valence-electron chi connectivity index (χ1n) is 6.09. The summed E-state index contributed by atoms with van der Waals surface area (Å²) in [5.41, 5.74) is 1.53. The van der Waals surface area contributed by atoms with Gasteiger partial charge in [0.2, 0.25) is 5.95 Å². The highest BCUT2D eigenvalue weighted by Gasteiger charge is 2.09. The van der Waals surface area contributed by atoms with E-state index >= 15 is 0 Å². The van der Waals surface area contributed by atoms with E-state index in [1.807, 2.05) is 30.3 Å². The lowest BCUT2D eigenvalue weighted by atomic mass is 10.2. The molecule has 0 saturated heterocycles. The van der Waals surface area contributed by atoms with Crippen molar-refractivity contribution in [2.75, 3.05) is 0 Å². The summed E-state index contributed by atoms with van der Waals surface area (Å²) >= 11 is 0. The Morgan fingerprint density at radius 2 is 1.85 bits per heavy atom. The van der Waals surface area contributed by atoms with Gasteiger partial charge >= 0.3 is 0 Å². The van der Waals surface area contributed by atoms with E-state index in [4.69, 9.17) is 0 Å². The largest absolute Gasteiger partial charge is 0.291 e. The number of H-pyrrole nitrogens is 2. The molecule has 0 fully saturated rings. The molecule has 3 aromatic rings. The predicted molar refractivity (Wildman–Crippen MR) is 75.0 cm³/mol. The van der Waals surface area contributed by atoms with Gasteiger partial charge in [-0.05, 0) is 12.5 Å². The van der Waals surface area contributed by atoms with Crippen molar-refractivity contribution in [1.82, 2.24) is 19.7 Å². The van der Waals surface area contributed by atoms with E-state index in [-0.39, 0.29) is 17.1 Å². The Kier molecular flexibility index (Phi) is 2.83. The zero-order valence-corrected chi connectivity index (χ0v) is 10.8. The fraction of sp³-hybridized carbons (Fsp3) is 0.0714. The van der Waals surface area contributed by atoms with Gasteiger partial charge in [-0.1, -0.05) is 30.3 Å². The molecule has 0 aliphatic rings. The van der Waals surface area contributed by atoms with Gasteiger partial charge in [-0.3, -0.25) is 19.7 Å². The smallest absolute Gasteiger partial charge is 0.274 e. The molecule has 0 radical (unpaired) electrons. The predicted octanol–water partition coefficient (Wildman–Crippen LogP) is 1.22. The third kappa shape index (κ3) is 2.18. The van der Waals surface area contributed by atoms with E-state index in [0.717, 1.165) is 5.56 Å². The first-order chi connectivity index (χ1) is 9.63. The molecule has 0 aliphatic carbocycles. The number of aryl methyl sites for hydroxylation is 1. The molecule has 100 valence electrons. The normalized spacial score (nSPS) is 10.7. The second-order valence-electron chi connectivity index (χ2n) is 4.42. The van der Waals surface area contributed by atoms with Crippen LogP contribution in [0.15, 0.2) is 52.1 Å². The minimum absolute atomic E-state index is 0.183. The first kappa shape index (κ1) is 12.2. The second-order valence-corrected chi connectivity index (χ2v) is 4.42. The zero-order valence-electron chi connectivity index (χ0n) is 10.8. The van der Waals surface area contributed by atoms with E-state index in [0.29, 0.717) is 11.4 Å². The molecule has 0 amide bonds. The molecule has 1 aromatic carbocycles. The van der Waals surface area contributed by atoms with Crippen LogP contribution in [-0.2, 0) is 0 Å². The van der Waals surface area contributed by atoms with Crippen molar-refractivity contribution in [3.63, 3.8) is 0 Å². The summed E-state index contributed by atoms with van der Waals surface area (Å²) in [5, 5.41) is 2.94. The van der Waals surface area contributed by atoms with Crippen molar-refractivity contribution in [1.29, 1.82) is 0 Å². The van der Waals surface area contributed by atoms with Crippen LogP contribution < -0.4 is 11.1 Å². The van der Waals surface area contributed by atoms with Crippen LogP contribution in [0.1, 0.15) is 5.69 Å². The van der Waals surface area contributed by atoms with Crippen molar-refractivity contribution < 1.29 is 0 Å². The maximum Gasteiger partial charge on any atom is 0.274 e. The Labute approximate surface area is 113 Å². The molecular weight excluding hydrogens is 256 g/mol. The maximum absolute atomic E-state index is 12.0. The van der Waals surface area contributed by atoms with Gasteiger partial charge < -0.3 is 0 Å². The Morgan fingerprint density at radius 3 is 2.55 bits per heavy atom. The van der Waals surface area contributed by atoms with Crippen molar-refractivity contribution in [3.05, 3.63) is 68.9 Å². The summed E-state index contributed by atoms with van der Waals surface area (Å²) in [5.74, 6) is 0.183. The third-order valence-electron chi connectivity index (χ3n) is 2.87. The summed E-state index contributed by atoms with van der Waals surface area (Å²) in [4.78, 5) is 30.1. The summed E-state index contributed by atoms with van der Waals surface area (Å²) in [6.07, 6.45) is 0. The quantitative estimate of drug-likeness (QED) is 0.733.